The molecule has 19 heavy (non-hydrogen) atoms. The molecule has 1 fully saturated rings. The first kappa shape index (κ1) is 15.9. The van der Waals surface area contributed by atoms with Gasteiger partial charge in [0.1, 0.15) is 12.4 Å². The van der Waals surface area contributed by atoms with E-state index in [1.165, 1.54) is 0 Å². The zero-order valence-electron chi connectivity index (χ0n) is 12.2. The maximum atomic E-state index is 11.7. The third-order valence-electron chi connectivity index (χ3n) is 3.75. The Labute approximate surface area is 116 Å². The Morgan fingerprint density at radius 2 is 2.00 bits per heavy atom. The van der Waals surface area contributed by atoms with Crippen LogP contribution in [0, 0.1) is 11.8 Å². The van der Waals surface area contributed by atoms with E-state index in [0.29, 0.717) is 37.6 Å². The van der Waals surface area contributed by atoms with E-state index in [1.807, 2.05) is 19.1 Å². The monoisotopic (exact) mass is 266 g/mol. The fourth-order valence-electron chi connectivity index (χ4n) is 2.69. The van der Waals surface area contributed by atoms with Crippen molar-refractivity contribution >= 4 is 11.8 Å². The van der Waals surface area contributed by atoms with Gasteiger partial charge in [0, 0.05) is 19.3 Å². The molecule has 0 N–H and O–H groups in total. The van der Waals surface area contributed by atoms with Crippen molar-refractivity contribution in [1.29, 1.82) is 0 Å². The summed E-state index contributed by atoms with van der Waals surface area (Å²) in [6.07, 6.45) is 9.78. The van der Waals surface area contributed by atoms with Crippen LogP contribution in [0.25, 0.3) is 0 Å². The molecular formula is C16H26O3. The highest BCUT2D eigenvalue weighted by Crippen LogP contribution is 2.35. The van der Waals surface area contributed by atoms with Crippen LogP contribution in [0.5, 0.6) is 0 Å². The minimum Gasteiger partial charge on any atom is -0.461 e. The SMILES string of the molecule is CCC=CCOC(=O)CC1CC(=O)CC1CCCC. The minimum atomic E-state index is -0.165. The molecule has 2 unspecified atom stereocenters. The Hall–Kier alpha value is -1.12. The second-order valence-electron chi connectivity index (χ2n) is 5.38. The molecule has 1 rings (SSSR count). The lowest BCUT2D eigenvalue weighted by molar-refractivity contribution is -0.143. The topological polar surface area (TPSA) is 43.4 Å². The molecule has 1 saturated carbocycles. The fourth-order valence-corrected chi connectivity index (χ4v) is 2.69. The molecule has 1 aliphatic carbocycles. The summed E-state index contributed by atoms with van der Waals surface area (Å²) in [6.45, 7) is 4.55. The van der Waals surface area contributed by atoms with E-state index < -0.39 is 0 Å². The van der Waals surface area contributed by atoms with Gasteiger partial charge in [-0.15, -0.1) is 0 Å². The maximum absolute atomic E-state index is 11.7. The van der Waals surface area contributed by atoms with Crippen LogP contribution in [0.15, 0.2) is 12.2 Å². The van der Waals surface area contributed by atoms with E-state index in [9.17, 15) is 9.59 Å². The molecule has 0 heterocycles. The van der Waals surface area contributed by atoms with Crippen LogP contribution in [-0.2, 0) is 14.3 Å². The summed E-state index contributed by atoms with van der Waals surface area (Å²) in [5.41, 5.74) is 0. The van der Waals surface area contributed by atoms with Gasteiger partial charge in [0.15, 0.2) is 0 Å². The number of rotatable bonds is 8. The van der Waals surface area contributed by atoms with Crippen molar-refractivity contribution < 1.29 is 14.3 Å². The predicted octanol–water partition coefficient (Wildman–Crippen LogP) is 3.67. The van der Waals surface area contributed by atoms with Gasteiger partial charge in [-0.1, -0.05) is 38.8 Å². The van der Waals surface area contributed by atoms with Crippen LogP contribution in [0.4, 0.5) is 0 Å². The molecule has 0 saturated heterocycles. The van der Waals surface area contributed by atoms with Gasteiger partial charge in [0.25, 0.3) is 0 Å². The summed E-state index contributed by atoms with van der Waals surface area (Å²) in [6, 6.07) is 0. The predicted molar refractivity (Wildman–Crippen MR) is 75.8 cm³/mol. The molecule has 0 amide bonds. The van der Waals surface area contributed by atoms with E-state index in [2.05, 4.69) is 6.92 Å². The molecule has 0 spiro atoms. The van der Waals surface area contributed by atoms with Crippen molar-refractivity contribution in [2.75, 3.05) is 6.61 Å². The van der Waals surface area contributed by atoms with Gasteiger partial charge in [-0.3, -0.25) is 9.59 Å². The molecule has 0 radical (unpaired) electrons. The lowest BCUT2D eigenvalue weighted by Crippen LogP contribution is -2.15. The first-order chi connectivity index (χ1) is 9.17. The van der Waals surface area contributed by atoms with Gasteiger partial charge in [-0.2, -0.15) is 0 Å². The number of Topliss-reactive ketones (excluding diaryl/α,β-unsaturated/α-hetero) is 1. The molecule has 0 bridgehead atoms. The van der Waals surface area contributed by atoms with E-state index in [0.717, 1.165) is 25.7 Å². The Balaban J connectivity index is 2.34. The van der Waals surface area contributed by atoms with E-state index in [-0.39, 0.29) is 11.9 Å². The number of ketones is 1. The summed E-state index contributed by atoms with van der Waals surface area (Å²) < 4.78 is 5.16. The Morgan fingerprint density at radius 1 is 1.26 bits per heavy atom. The lowest BCUT2D eigenvalue weighted by atomic mass is 9.89. The first-order valence-electron chi connectivity index (χ1n) is 7.49. The van der Waals surface area contributed by atoms with Crippen LogP contribution in [0.3, 0.4) is 0 Å². The largest absolute Gasteiger partial charge is 0.461 e. The number of carbonyl (C=O) groups excluding carboxylic acids is 2. The molecule has 2 atom stereocenters. The summed E-state index contributed by atoms with van der Waals surface area (Å²) in [4.78, 5) is 23.3. The van der Waals surface area contributed by atoms with Crippen molar-refractivity contribution in [3.63, 3.8) is 0 Å². The third kappa shape index (κ3) is 6.04. The van der Waals surface area contributed by atoms with Gasteiger partial charge in [-0.05, 0) is 24.7 Å². The highest BCUT2D eigenvalue weighted by atomic mass is 16.5. The van der Waals surface area contributed by atoms with Crippen molar-refractivity contribution in [2.45, 2.75) is 58.8 Å². The van der Waals surface area contributed by atoms with Crippen LogP contribution in [0.2, 0.25) is 0 Å². The number of allylic oxidation sites excluding steroid dienone is 1. The Kier molecular flexibility index (Phi) is 7.46. The van der Waals surface area contributed by atoms with Crippen molar-refractivity contribution in [1.82, 2.24) is 0 Å². The molecule has 108 valence electrons. The summed E-state index contributed by atoms with van der Waals surface area (Å²) in [5.74, 6) is 0.750. The normalized spacial score (nSPS) is 23.2. The summed E-state index contributed by atoms with van der Waals surface area (Å²) >= 11 is 0. The molecular weight excluding hydrogens is 240 g/mol. The molecule has 0 aliphatic heterocycles. The smallest absolute Gasteiger partial charge is 0.306 e. The highest BCUT2D eigenvalue weighted by molar-refractivity contribution is 5.82. The second-order valence-corrected chi connectivity index (χ2v) is 5.38. The minimum absolute atomic E-state index is 0.165. The van der Waals surface area contributed by atoms with E-state index >= 15 is 0 Å². The van der Waals surface area contributed by atoms with Crippen molar-refractivity contribution in [3.05, 3.63) is 12.2 Å². The highest BCUT2D eigenvalue weighted by Gasteiger charge is 2.33. The summed E-state index contributed by atoms with van der Waals surface area (Å²) in [7, 11) is 0. The molecule has 3 nitrogen and oxygen atoms in total. The Morgan fingerprint density at radius 3 is 2.68 bits per heavy atom. The molecule has 0 aromatic rings. The van der Waals surface area contributed by atoms with Crippen molar-refractivity contribution in [2.24, 2.45) is 11.8 Å². The van der Waals surface area contributed by atoms with Gasteiger partial charge in [0.2, 0.25) is 0 Å². The van der Waals surface area contributed by atoms with Crippen molar-refractivity contribution in [3.8, 4) is 0 Å². The number of esters is 1. The van der Waals surface area contributed by atoms with Gasteiger partial charge >= 0.3 is 5.97 Å². The first-order valence-corrected chi connectivity index (χ1v) is 7.49. The summed E-state index contributed by atoms with van der Waals surface area (Å²) in [5, 5.41) is 0. The van der Waals surface area contributed by atoms with Gasteiger partial charge in [-0.25, -0.2) is 0 Å². The lowest BCUT2D eigenvalue weighted by Gasteiger charge is -2.17. The second kappa shape index (κ2) is 8.89. The zero-order valence-corrected chi connectivity index (χ0v) is 12.2. The van der Waals surface area contributed by atoms with Crippen LogP contribution in [0.1, 0.15) is 58.8 Å². The molecule has 3 heteroatoms. The number of hydrogen-bond donors (Lipinski definition) is 0. The molecule has 1 aliphatic rings. The zero-order chi connectivity index (χ0) is 14.1. The number of unbranched alkanes of at least 4 members (excludes halogenated alkanes) is 1. The van der Waals surface area contributed by atoms with E-state index in [4.69, 9.17) is 4.74 Å². The average Bonchev–Trinajstić information content (AvgIpc) is 2.72. The Bertz CT molecular complexity index is 320. The number of hydrogen-bond acceptors (Lipinski definition) is 3. The quantitative estimate of drug-likeness (QED) is 0.497. The average molecular weight is 266 g/mol. The van der Waals surface area contributed by atoms with E-state index in [1.54, 1.807) is 0 Å². The van der Waals surface area contributed by atoms with Gasteiger partial charge in [0.05, 0.1) is 0 Å². The molecule has 0 aromatic carbocycles. The number of carbonyl (C=O) groups is 2. The standard InChI is InChI=1S/C16H26O3/c1-3-5-7-9-19-16(18)12-14-11-15(17)10-13(14)8-6-4-2/h5,7,13-14H,3-4,6,8-12H2,1-2H3. The fraction of sp³-hybridized carbons (Fsp3) is 0.750. The molecule has 0 aromatic heterocycles. The van der Waals surface area contributed by atoms with Crippen LogP contribution >= 0.6 is 0 Å². The van der Waals surface area contributed by atoms with Crippen LogP contribution < -0.4 is 0 Å². The maximum Gasteiger partial charge on any atom is 0.306 e. The number of ether oxygens (including phenoxy) is 1. The third-order valence-corrected chi connectivity index (χ3v) is 3.75. The van der Waals surface area contributed by atoms with Crippen LogP contribution in [-0.4, -0.2) is 18.4 Å². The van der Waals surface area contributed by atoms with Gasteiger partial charge < -0.3 is 4.74 Å².